The number of aromatic nitrogens is 1. The SMILES string of the molecule is Cc1nc2c(o1)CCc1ccccc1[C@@H]2N1CCN(C)CC1. The molecule has 4 rings (SSSR count). The van der Waals surface area contributed by atoms with Crippen LogP contribution < -0.4 is 0 Å². The zero-order valence-electron chi connectivity index (χ0n) is 13.4. The first-order chi connectivity index (χ1) is 10.7. The lowest BCUT2D eigenvalue weighted by atomic mass is 9.97. The van der Waals surface area contributed by atoms with Gasteiger partial charge in [0.1, 0.15) is 11.5 Å². The van der Waals surface area contributed by atoms with Crippen molar-refractivity contribution >= 4 is 0 Å². The van der Waals surface area contributed by atoms with E-state index >= 15 is 0 Å². The summed E-state index contributed by atoms with van der Waals surface area (Å²) < 4.78 is 5.91. The first-order valence-electron chi connectivity index (χ1n) is 8.19. The van der Waals surface area contributed by atoms with Gasteiger partial charge in [0, 0.05) is 39.5 Å². The van der Waals surface area contributed by atoms with Gasteiger partial charge in [0.15, 0.2) is 5.89 Å². The molecule has 4 heteroatoms. The maximum atomic E-state index is 5.91. The van der Waals surface area contributed by atoms with Crippen LogP contribution in [0.2, 0.25) is 0 Å². The van der Waals surface area contributed by atoms with Crippen molar-refractivity contribution in [1.82, 2.24) is 14.8 Å². The summed E-state index contributed by atoms with van der Waals surface area (Å²) in [5.74, 6) is 1.88. The number of likely N-dealkylation sites (N-methyl/N-ethyl adjacent to an activating group) is 1. The van der Waals surface area contributed by atoms with Crippen molar-refractivity contribution in [3.63, 3.8) is 0 Å². The van der Waals surface area contributed by atoms with Crippen molar-refractivity contribution in [2.45, 2.75) is 25.8 Å². The Kier molecular flexibility index (Phi) is 3.51. The topological polar surface area (TPSA) is 32.5 Å². The van der Waals surface area contributed by atoms with Gasteiger partial charge in [0.25, 0.3) is 0 Å². The molecule has 0 bridgehead atoms. The van der Waals surface area contributed by atoms with Gasteiger partial charge >= 0.3 is 0 Å². The van der Waals surface area contributed by atoms with Crippen molar-refractivity contribution in [3.05, 3.63) is 52.7 Å². The van der Waals surface area contributed by atoms with Crippen LogP contribution in [-0.2, 0) is 12.8 Å². The molecule has 1 aromatic carbocycles. The fourth-order valence-corrected chi connectivity index (χ4v) is 3.75. The molecule has 4 nitrogen and oxygen atoms in total. The number of piperazine rings is 1. The van der Waals surface area contributed by atoms with Crippen LogP contribution in [0.25, 0.3) is 0 Å². The largest absolute Gasteiger partial charge is 0.446 e. The Balaban J connectivity index is 1.80. The Morgan fingerprint density at radius 2 is 1.86 bits per heavy atom. The van der Waals surface area contributed by atoms with Crippen LogP contribution in [0, 0.1) is 6.92 Å². The smallest absolute Gasteiger partial charge is 0.191 e. The van der Waals surface area contributed by atoms with Crippen LogP contribution in [-0.4, -0.2) is 48.0 Å². The highest BCUT2D eigenvalue weighted by atomic mass is 16.4. The summed E-state index contributed by atoms with van der Waals surface area (Å²) in [7, 11) is 2.20. The average molecular weight is 297 g/mol. The third-order valence-corrected chi connectivity index (χ3v) is 4.97. The molecule has 0 spiro atoms. The Labute approximate surface area is 131 Å². The molecule has 1 aromatic heterocycles. The number of nitrogens with zero attached hydrogens (tertiary/aromatic N) is 3. The average Bonchev–Trinajstić information content (AvgIpc) is 2.82. The molecular formula is C18H23N3O. The molecule has 116 valence electrons. The number of hydrogen-bond acceptors (Lipinski definition) is 4. The molecule has 2 heterocycles. The maximum absolute atomic E-state index is 5.91. The Bertz CT molecular complexity index is 671. The number of rotatable bonds is 1. The predicted octanol–water partition coefficient (Wildman–Crippen LogP) is 2.42. The van der Waals surface area contributed by atoms with E-state index < -0.39 is 0 Å². The lowest BCUT2D eigenvalue weighted by Crippen LogP contribution is -2.46. The first kappa shape index (κ1) is 14.0. The fourth-order valence-electron chi connectivity index (χ4n) is 3.75. The molecule has 1 saturated heterocycles. The first-order valence-corrected chi connectivity index (χ1v) is 8.19. The van der Waals surface area contributed by atoms with Gasteiger partial charge in [-0.2, -0.15) is 0 Å². The van der Waals surface area contributed by atoms with Gasteiger partial charge < -0.3 is 9.32 Å². The Hall–Kier alpha value is -1.65. The zero-order chi connectivity index (χ0) is 15.1. The summed E-state index contributed by atoms with van der Waals surface area (Å²) in [5.41, 5.74) is 4.00. The summed E-state index contributed by atoms with van der Waals surface area (Å²) in [6.45, 7) is 6.36. The van der Waals surface area contributed by atoms with E-state index in [0.717, 1.165) is 56.4 Å². The fraction of sp³-hybridized carbons (Fsp3) is 0.500. The Morgan fingerprint density at radius 3 is 2.68 bits per heavy atom. The van der Waals surface area contributed by atoms with Gasteiger partial charge in [-0.05, 0) is 24.6 Å². The number of benzene rings is 1. The zero-order valence-corrected chi connectivity index (χ0v) is 13.4. The van der Waals surface area contributed by atoms with Gasteiger partial charge in [-0.25, -0.2) is 4.98 Å². The minimum absolute atomic E-state index is 0.250. The van der Waals surface area contributed by atoms with E-state index in [1.54, 1.807) is 0 Å². The van der Waals surface area contributed by atoms with Gasteiger partial charge in [-0.3, -0.25) is 4.90 Å². The van der Waals surface area contributed by atoms with Crippen LogP contribution in [0.5, 0.6) is 0 Å². The minimum Gasteiger partial charge on any atom is -0.446 e. The standard InChI is InChI=1S/C18H23N3O/c1-13-19-17-16(22-13)8-7-14-5-3-4-6-15(14)18(17)21-11-9-20(2)10-12-21/h3-6,18H,7-12H2,1-2H3/t18-/m0/s1. The third-order valence-electron chi connectivity index (χ3n) is 4.97. The van der Waals surface area contributed by atoms with E-state index in [0.29, 0.717) is 0 Å². The highest BCUT2D eigenvalue weighted by Crippen LogP contribution is 2.36. The molecular weight excluding hydrogens is 274 g/mol. The summed E-state index contributed by atoms with van der Waals surface area (Å²) in [4.78, 5) is 9.74. The van der Waals surface area contributed by atoms with Crippen molar-refractivity contribution in [2.24, 2.45) is 0 Å². The molecule has 2 aliphatic rings. The number of fused-ring (bicyclic) bond motifs is 2. The van der Waals surface area contributed by atoms with Gasteiger partial charge in [0.2, 0.25) is 0 Å². The number of hydrogen-bond donors (Lipinski definition) is 0. The molecule has 0 N–H and O–H groups in total. The van der Waals surface area contributed by atoms with E-state index in [4.69, 9.17) is 9.40 Å². The quantitative estimate of drug-likeness (QED) is 0.809. The van der Waals surface area contributed by atoms with Crippen LogP contribution >= 0.6 is 0 Å². The number of oxazole rings is 1. The molecule has 1 atom stereocenters. The summed E-state index contributed by atoms with van der Waals surface area (Å²) >= 11 is 0. The predicted molar refractivity (Wildman–Crippen MR) is 86.0 cm³/mol. The minimum atomic E-state index is 0.250. The van der Waals surface area contributed by atoms with Crippen molar-refractivity contribution in [2.75, 3.05) is 33.2 Å². The van der Waals surface area contributed by atoms with Crippen LogP contribution in [0.4, 0.5) is 0 Å². The molecule has 22 heavy (non-hydrogen) atoms. The lowest BCUT2D eigenvalue weighted by Gasteiger charge is -2.37. The highest BCUT2D eigenvalue weighted by molar-refractivity contribution is 5.39. The van der Waals surface area contributed by atoms with E-state index in [9.17, 15) is 0 Å². The van der Waals surface area contributed by atoms with Crippen molar-refractivity contribution in [3.8, 4) is 0 Å². The van der Waals surface area contributed by atoms with Gasteiger partial charge in [-0.1, -0.05) is 24.3 Å². The molecule has 0 unspecified atom stereocenters. The molecule has 0 radical (unpaired) electrons. The Morgan fingerprint density at radius 1 is 1.09 bits per heavy atom. The van der Waals surface area contributed by atoms with E-state index in [-0.39, 0.29) is 6.04 Å². The van der Waals surface area contributed by atoms with Gasteiger partial charge in [0.05, 0.1) is 6.04 Å². The summed E-state index contributed by atoms with van der Waals surface area (Å²) in [6, 6.07) is 9.08. The molecule has 1 fully saturated rings. The molecule has 0 saturated carbocycles. The molecule has 1 aliphatic carbocycles. The highest BCUT2D eigenvalue weighted by Gasteiger charge is 2.33. The number of aryl methyl sites for hydroxylation is 3. The van der Waals surface area contributed by atoms with Crippen LogP contribution in [0.15, 0.2) is 28.7 Å². The molecule has 2 aromatic rings. The summed E-state index contributed by atoms with van der Waals surface area (Å²) in [6.07, 6.45) is 2.00. The van der Waals surface area contributed by atoms with Crippen LogP contribution in [0.1, 0.15) is 34.5 Å². The summed E-state index contributed by atoms with van der Waals surface area (Å²) in [5, 5.41) is 0. The second-order valence-corrected chi connectivity index (χ2v) is 6.48. The monoisotopic (exact) mass is 297 g/mol. The lowest BCUT2D eigenvalue weighted by molar-refractivity contribution is 0.125. The van der Waals surface area contributed by atoms with E-state index in [2.05, 4.69) is 41.1 Å². The molecule has 0 amide bonds. The second kappa shape index (κ2) is 5.52. The van der Waals surface area contributed by atoms with Crippen LogP contribution in [0.3, 0.4) is 0 Å². The van der Waals surface area contributed by atoms with E-state index in [1.165, 1.54) is 11.1 Å². The normalized spacial score (nSPS) is 22.9. The second-order valence-electron chi connectivity index (χ2n) is 6.48. The van der Waals surface area contributed by atoms with Crippen molar-refractivity contribution < 1.29 is 4.42 Å². The maximum Gasteiger partial charge on any atom is 0.191 e. The third kappa shape index (κ3) is 2.36. The van der Waals surface area contributed by atoms with Gasteiger partial charge in [-0.15, -0.1) is 0 Å². The van der Waals surface area contributed by atoms with Crippen molar-refractivity contribution in [1.29, 1.82) is 0 Å². The molecule has 1 aliphatic heterocycles. The van der Waals surface area contributed by atoms with E-state index in [1.807, 2.05) is 6.92 Å².